The Morgan fingerprint density at radius 2 is 2.00 bits per heavy atom. The van der Waals surface area contributed by atoms with E-state index < -0.39 is 0 Å². The quantitative estimate of drug-likeness (QED) is 0.730. The second-order valence-corrected chi connectivity index (χ2v) is 3.46. The smallest absolute Gasteiger partial charge is 0.196 e. The second kappa shape index (κ2) is 3.82. The highest BCUT2D eigenvalue weighted by molar-refractivity contribution is 6.30. The van der Waals surface area contributed by atoms with E-state index in [-0.39, 0.29) is 5.82 Å². The van der Waals surface area contributed by atoms with E-state index >= 15 is 0 Å². The van der Waals surface area contributed by atoms with Crippen LogP contribution in [0.1, 0.15) is 16.4 Å². The van der Waals surface area contributed by atoms with Gasteiger partial charge < -0.3 is 0 Å². The summed E-state index contributed by atoms with van der Waals surface area (Å²) in [4.78, 5) is 14.7. The van der Waals surface area contributed by atoms with Gasteiger partial charge in [0.05, 0.1) is 5.69 Å². The Balaban J connectivity index is 2.52. The van der Waals surface area contributed by atoms with Crippen molar-refractivity contribution in [1.82, 2.24) is 14.8 Å². The predicted octanol–water partition coefficient (Wildman–Crippen LogP) is 2.04. The molecular weight excluding hydrogens is 214 g/mol. The Morgan fingerprint density at radius 1 is 1.33 bits per heavy atom. The van der Waals surface area contributed by atoms with E-state index in [0.29, 0.717) is 17.1 Å². The number of aromatic nitrogens is 3. The van der Waals surface area contributed by atoms with Crippen LogP contribution < -0.4 is 0 Å². The van der Waals surface area contributed by atoms with Crippen LogP contribution in [0.5, 0.6) is 0 Å². The highest BCUT2D eigenvalue weighted by Crippen LogP contribution is 2.13. The summed E-state index contributed by atoms with van der Waals surface area (Å²) in [6.45, 7) is 1.74. The molecule has 0 saturated carbocycles. The number of rotatable bonds is 2. The van der Waals surface area contributed by atoms with Crippen LogP contribution >= 0.6 is 11.6 Å². The fourth-order valence-corrected chi connectivity index (χ4v) is 1.41. The minimum Gasteiger partial charge on any atom is -0.294 e. The summed E-state index contributed by atoms with van der Waals surface area (Å²) in [6, 6.07) is 7.04. The van der Waals surface area contributed by atoms with Crippen molar-refractivity contribution >= 4 is 17.9 Å². The van der Waals surface area contributed by atoms with Gasteiger partial charge >= 0.3 is 0 Å². The zero-order chi connectivity index (χ0) is 10.8. The third-order valence-electron chi connectivity index (χ3n) is 1.91. The van der Waals surface area contributed by atoms with E-state index in [1.807, 2.05) is 0 Å². The van der Waals surface area contributed by atoms with Gasteiger partial charge in [-0.3, -0.25) is 4.79 Å². The van der Waals surface area contributed by atoms with Crippen molar-refractivity contribution < 1.29 is 4.79 Å². The van der Waals surface area contributed by atoms with Gasteiger partial charge in [0.25, 0.3) is 0 Å². The summed E-state index contributed by atoms with van der Waals surface area (Å²) in [5.74, 6) is 0.849. The molecule has 0 radical (unpaired) electrons. The van der Waals surface area contributed by atoms with E-state index in [4.69, 9.17) is 11.6 Å². The molecule has 0 fully saturated rings. The molecule has 0 aliphatic carbocycles. The maximum Gasteiger partial charge on any atom is 0.196 e. The maximum atomic E-state index is 10.7. The summed E-state index contributed by atoms with van der Waals surface area (Å²) < 4.78 is 1.48. The van der Waals surface area contributed by atoms with Gasteiger partial charge in [-0.1, -0.05) is 11.6 Å². The Bertz CT molecular complexity index is 490. The van der Waals surface area contributed by atoms with Crippen molar-refractivity contribution in [1.29, 1.82) is 0 Å². The lowest BCUT2D eigenvalue weighted by molar-refractivity contribution is 0.111. The molecule has 0 aliphatic heterocycles. The molecule has 15 heavy (non-hydrogen) atoms. The van der Waals surface area contributed by atoms with Gasteiger partial charge in [0.1, 0.15) is 5.82 Å². The maximum absolute atomic E-state index is 10.7. The molecule has 0 atom stereocenters. The molecule has 5 heteroatoms. The van der Waals surface area contributed by atoms with Gasteiger partial charge in [0.2, 0.25) is 0 Å². The van der Waals surface area contributed by atoms with E-state index in [1.165, 1.54) is 4.68 Å². The Hall–Kier alpha value is -1.68. The first-order valence-corrected chi connectivity index (χ1v) is 4.73. The number of hydrogen-bond acceptors (Lipinski definition) is 3. The van der Waals surface area contributed by atoms with Crippen molar-refractivity contribution in [3.05, 3.63) is 40.9 Å². The number of carbonyl (C=O) groups excluding carboxylic acids is 1. The van der Waals surface area contributed by atoms with Crippen LogP contribution in [-0.4, -0.2) is 21.1 Å². The number of aryl methyl sites for hydroxylation is 1. The zero-order valence-electron chi connectivity index (χ0n) is 8.01. The minimum atomic E-state index is 0.287. The molecule has 1 heterocycles. The monoisotopic (exact) mass is 221 g/mol. The molecule has 2 aromatic rings. The first-order chi connectivity index (χ1) is 7.20. The van der Waals surface area contributed by atoms with E-state index in [0.717, 1.165) is 5.69 Å². The number of benzene rings is 1. The molecule has 0 spiro atoms. The topological polar surface area (TPSA) is 47.8 Å². The Labute approximate surface area is 91.5 Å². The molecule has 0 saturated heterocycles. The van der Waals surface area contributed by atoms with Gasteiger partial charge in [-0.05, 0) is 31.2 Å². The largest absolute Gasteiger partial charge is 0.294 e. The van der Waals surface area contributed by atoms with Crippen molar-refractivity contribution in [3.8, 4) is 5.69 Å². The lowest BCUT2D eigenvalue weighted by Gasteiger charge is -2.01. The van der Waals surface area contributed by atoms with Crippen molar-refractivity contribution in [3.63, 3.8) is 0 Å². The number of nitrogens with zero attached hydrogens (tertiary/aromatic N) is 3. The van der Waals surface area contributed by atoms with Crippen LogP contribution in [-0.2, 0) is 0 Å². The Kier molecular flexibility index (Phi) is 2.51. The molecule has 2 rings (SSSR count). The van der Waals surface area contributed by atoms with Crippen LogP contribution in [0.15, 0.2) is 24.3 Å². The van der Waals surface area contributed by atoms with Gasteiger partial charge in [0.15, 0.2) is 12.1 Å². The number of carbonyl (C=O) groups is 1. The molecule has 1 aromatic carbocycles. The summed E-state index contributed by atoms with van der Waals surface area (Å²) in [7, 11) is 0. The minimum absolute atomic E-state index is 0.287. The molecule has 0 bridgehead atoms. The van der Waals surface area contributed by atoms with Crippen LogP contribution in [0, 0.1) is 6.92 Å². The lowest BCUT2D eigenvalue weighted by atomic mass is 10.3. The number of halogens is 1. The molecular formula is C10H8ClN3O. The summed E-state index contributed by atoms with van der Waals surface area (Å²) >= 11 is 5.76. The van der Waals surface area contributed by atoms with E-state index in [1.54, 1.807) is 31.2 Å². The van der Waals surface area contributed by atoms with Crippen molar-refractivity contribution in [2.24, 2.45) is 0 Å². The lowest BCUT2D eigenvalue weighted by Crippen LogP contribution is -2.01. The van der Waals surface area contributed by atoms with Gasteiger partial charge in [-0.2, -0.15) is 5.10 Å². The first kappa shape index (κ1) is 9.86. The third-order valence-corrected chi connectivity index (χ3v) is 2.17. The SMILES string of the molecule is Cc1nc(C=O)n(-c2ccc(Cl)cc2)n1. The standard InChI is InChI=1S/C10H8ClN3O/c1-7-12-10(6-15)14(13-7)9-4-2-8(11)3-5-9/h2-6H,1H3. The molecule has 0 amide bonds. The summed E-state index contributed by atoms with van der Waals surface area (Å²) in [5, 5.41) is 4.75. The highest BCUT2D eigenvalue weighted by Gasteiger charge is 2.07. The molecule has 0 unspecified atom stereocenters. The van der Waals surface area contributed by atoms with Crippen LogP contribution in [0.4, 0.5) is 0 Å². The number of hydrogen-bond donors (Lipinski definition) is 0. The zero-order valence-corrected chi connectivity index (χ0v) is 8.77. The van der Waals surface area contributed by atoms with Gasteiger partial charge in [0, 0.05) is 5.02 Å². The summed E-state index contributed by atoms with van der Waals surface area (Å²) in [6.07, 6.45) is 0.675. The normalized spacial score (nSPS) is 10.3. The van der Waals surface area contributed by atoms with Crippen molar-refractivity contribution in [2.75, 3.05) is 0 Å². The van der Waals surface area contributed by atoms with E-state index in [2.05, 4.69) is 10.1 Å². The molecule has 76 valence electrons. The Morgan fingerprint density at radius 3 is 2.60 bits per heavy atom. The molecule has 0 N–H and O–H groups in total. The molecule has 1 aromatic heterocycles. The third kappa shape index (κ3) is 1.89. The average Bonchev–Trinajstić information content (AvgIpc) is 2.61. The van der Waals surface area contributed by atoms with Crippen molar-refractivity contribution in [2.45, 2.75) is 6.92 Å². The average molecular weight is 222 g/mol. The van der Waals surface area contributed by atoms with Gasteiger partial charge in [-0.15, -0.1) is 0 Å². The summed E-state index contributed by atoms with van der Waals surface area (Å²) in [5.41, 5.74) is 0.766. The van der Waals surface area contributed by atoms with Crippen LogP contribution in [0.25, 0.3) is 5.69 Å². The highest BCUT2D eigenvalue weighted by atomic mass is 35.5. The first-order valence-electron chi connectivity index (χ1n) is 4.35. The predicted molar refractivity (Wildman–Crippen MR) is 56.5 cm³/mol. The van der Waals surface area contributed by atoms with Gasteiger partial charge in [-0.25, -0.2) is 9.67 Å². The molecule has 4 nitrogen and oxygen atoms in total. The molecule has 0 aliphatic rings. The van der Waals surface area contributed by atoms with Crippen LogP contribution in [0.3, 0.4) is 0 Å². The van der Waals surface area contributed by atoms with Crippen LogP contribution in [0.2, 0.25) is 5.02 Å². The van der Waals surface area contributed by atoms with E-state index in [9.17, 15) is 4.79 Å². The second-order valence-electron chi connectivity index (χ2n) is 3.02. The fraction of sp³-hybridized carbons (Fsp3) is 0.100. The number of aldehydes is 1. The fourth-order valence-electron chi connectivity index (χ4n) is 1.28.